The van der Waals surface area contributed by atoms with Gasteiger partial charge in [-0.05, 0) is 37.8 Å². The standard InChI is InChI=1S/C14H20F3NOS/c1-10-11(9-19-6-2-5-14(15,16)17)7-13(20-10)8-18-12-3-4-12/h7,12,18H,2-6,8-9H2,1H3. The molecule has 0 unspecified atom stereocenters. The molecule has 0 radical (unpaired) electrons. The molecular weight excluding hydrogens is 287 g/mol. The van der Waals surface area contributed by atoms with E-state index in [-0.39, 0.29) is 13.0 Å². The molecule has 114 valence electrons. The number of hydrogen-bond acceptors (Lipinski definition) is 3. The first-order valence-electron chi connectivity index (χ1n) is 6.90. The Bertz CT molecular complexity index is 427. The Morgan fingerprint density at radius 3 is 2.80 bits per heavy atom. The molecule has 2 rings (SSSR count). The molecule has 1 heterocycles. The highest BCUT2D eigenvalue weighted by atomic mass is 32.1. The maximum absolute atomic E-state index is 12.0. The average molecular weight is 307 g/mol. The van der Waals surface area contributed by atoms with Gasteiger partial charge in [-0.3, -0.25) is 0 Å². The smallest absolute Gasteiger partial charge is 0.377 e. The van der Waals surface area contributed by atoms with Gasteiger partial charge in [0, 0.05) is 35.4 Å². The van der Waals surface area contributed by atoms with Gasteiger partial charge in [0.1, 0.15) is 0 Å². The molecule has 1 N–H and O–H groups in total. The number of nitrogens with one attached hydrogen (secondary N) is 1. The summed E-state index contributed by atoms with van der Waals surface area (Å²) in [7, 11) is 0. The van der Waals surface area contributed by atoms with Crippen molar-refractivity contribution in [3.05, 3.63) is 21.4 Å². The van der Waals surface area contributed by atoms with Crippen LogP contribution in [0.2, 0.25) is 0 Å². The summed E-state index contributed by atoms with van der Waals surface area (Å²) in [6.45, 7) is 3.47. The highest BCUT2D eigenvalue weighted by Crippen LogP contribution is 2.25. The lowest BCUT2D eigenvalue weighted by Gasteiger charge is -2.06. The van der Waals surface area contributed by atoms with Gasteiger partial charge in [0.2, 0.25) is 0 Å². The first-order chi connectivity index (χ1) is 9.44. The zero-order chi connectivity index (χ0) is 14.6. The summed E-state index contributed by atoms with van der Waals surface area (Å²) < 4.78 is 41.2. The fourth-order valence-electron chi connectivity index (χ4n) is 1.91. The van der Waals surface area contributed by atoms with E-state index in [0.717, 1.165) is 12.1 Å². The first-order valence-corrected chi connectivity index (χ1v) is 7.72. The van der Waals surface area contributed by atoms with Crippen molar-refractivity contribution in [1.82, 2.24) is 5.32 Å². The van der Waals surface area contributed by atoms with Crippen LogP contribution in [0, 0.1) is 6.92 Å². The lowest BCUT2D eigenvalue weighted by atomic mass is 10.2. The van der Waals surface area contributed by atoms with E-state index >= 15 is 0 Å². The summed E-state index contributed by atoms with van der Waals surface area (Å²) in [5.74, 6) is 0. The molecule has 1 saturated carbocycles. The van der Waals surface area contributed by atoms with Crippen LogP contribution in [0.3, 0.4) is 0 Å². The lowest BCUT2D eigenvalue weighted by molar-refractivity contribution is -0.138. The van der Waals surface area contributed by atoms with Gasteiger partial charge < -0.3 is 10.1 Å². The lowest BCUT2D eigenvalue weighted by Crippen LogP contribution is -2.14. The monoisotopic (exact) mass is 307 g/mol. The number of aryl methyl sites for hydroxylation is 1. The molecule has 0 aliphatic heterocycles. The van der Waals surface area contributed by atoms with Crippen molar-refractivity contribution in [1.29, 1.82) is 0 Å². The van der Waals surface area contributed by atoms with Crippen molar-refractivity contribution in [2.75, 3.05) is 6.61 Å². The van der Waals surface area contributed by atoms with Crippen LogP contribution < -0.4 is 5.32 Å². The Labute approximate surface area is 121 Å². The second kappa shape index (κ2) is 6.91. The van der Waals surface area contributed by atoms with Crippen LogP contribution in [0.5, 0.6) is 0 Å². The van der Waals surface area contributed by atoms with Gasteiger partial charge in [0.05, 0.1) is 6.61 Å². The summed E-state index contributed by atoms with van der Waals surface area (Å²) in [6, 6.07) is 2.78. The quantitative estimate of drug-likeness (QED) is 0.728. The molecule has 1 fully saturated rings. The predicted octanol–water partition coefficient (Wildman–Crippen LogP) is 4.17. The van der Waals surface area contributed by atoms with E-state index in [2.05, 4.69) is 11.4 Å². The third-order valence-corrected chi connectivity index (χ3v) is 4.31. The van der Waals surface area contributed by atoms with Crippen molar-refractivity contribution < 1.29 is 17.9 Å². The van der Waals surface area contributed by atoms with Crippen molar-refractivity contribution in [3.63, 3.8) is 0 Å². The minimum absolute atomic E-state index is 0.0305. The SMILES string of the molecule is Cc1sc(CNC2CC2)cc1COCCCC(F)(F)F. The molecule has 2 nitrogen and oxygen atoms in total. The predicted molar refractivity (Wildman–Crippen MR) is 73.9 cm³/mol. The Morgan fingerprint density at radius 1 is 1.40 bits per heavy atom. The third kappa shape index (κ3) is 5.81. The van der Waals surface area contributed by atoms with Gasteiger partial charge in [-0.2, -0.15) is 13.2 Å². The van der Waals surface area contributed by atoms with Gasteiger partial charge in [0.25, 0.3) is 0 Å². The van der Waals surface area contributed by atoms with Gasteiger partial charge in [-0.1, -0.05) is 0 Å². The van der Waals surface area contributed by atoms with Gasteiger partial charge in [-0.15, -0.1) is 11.3 Å². The van der Waals surface area contributed by atoms with Gasteiger partial charge in [0.15, 0.2) is 0 Å². The fourth-order valence-corrected chi connectivity index (χ4v) is 2.91. The Hall–Kier alpha value is -0.590. The molecule has 6 heteroatoms. The Morgan fingerprint density at radius 2 is 2.15 bits per heavy atom. The second-order valence-electron chi connectivity index (χ2n) is 5.22. The van der Waals surface area contributed by atoms with Gasteiger partial charge >= 0.3 is 6.18 Å². The normalized spacial score (nSPS) is 15.8. The number of thiophene rings is 1. The van der Waals surface area contributed by atoms with Crippen molar-refractivity contribution in [2.24, 2.45) is 0 Å². The zero-order valence-corrected chi connectivity index (χ0v) is 12.4. The summed E-state index contributed by atoms with van der Waals surface area (Å²) in [5.41, 5.74) is 1.09. The summed E-state index contributed by atoms with van der Waals surface area (Å²) >= 11 is 1.73. The number of hydrogen-bond donors (Lipinski definition) is 1. The van der Waals surface area contributed by atoms with Crippen LogP contribution in [0.25, 0.3) is 0 Å². The third-order valence-electron chi connectivity index (χ3n) is 3.22. The highest BCUT2D eigenvalue weighted by molar-refractivity contribution is 7.12. The van der Waals surface area contributed by atoms with Crippen LogP contribution in [-0.4, -0.2) is 18.8 Å². The molecule has 0 bridgehead atoms. The Kier molecular flexibility index (Phi) is 5.46. The largest absolute Gasteiger partial charge is 0.389 e. The fraction of sp³-hybridized carbons (Fsp3) is 0.714. The minimum Gasteiger partial charge on any atom is -0.377 e. The van der Waals surface area contributed by atoms with E-state index in [1.54, 1.807) is 11.3 Å². The average Bonchev–Trinajstić information content (AvgIpc) is 3.10. The van der Waals surface area contributed by atoms with Crippen LogP contribution in [0.4, 0.5) is 13.2 Å². The van der Waals surface area contributed by atoms with Crippen LogP contribution in [-0.2, 0) is 17.9 Å². The molecule has 1 aromatic rings. The van der Waals surface area contributed by atoms with Crippen molar-refractivity contribution >= 4 is 11.3 Å². The molecule has 1 aromatic heterocycles. The molecule has 1 aliphatic carbocycles. The van der Waals surface area contributed by atoms with E-state index in [9.17, 15) is 13.2 Å². The summed E-state index contributed by atoms with van der Waals surface area (Å²) in [5, 5.41) is 3.45. The maximum Gasteiger partial charge on any atom is 0.389 e. The number of ether oxygens (including phenoxy) is 1. The Balaban J connectivity index is 1.66. The van der Waals surface area contributed by atoms with Crippen molar-refractivity contribution in [3.8, 4) is 0 Å². The number of alkyl halides is 3. The topological polar surface area (TPSA) is 21.3 Å². The molecular formula is C14H20F3NOS. The molecule has 1 aliphatic rings. The molecule has 0 spiro atoms. The first kappa shape index (κ1) is 15.8. The van der Waals surface area contributed by atoms with Crippen LogP contribution in [0.1, 0.15) is 41.0 Å². The summed E-state index contributed by atoms with van der Waals surface area (Å²) in [4.78, 5) is 2.46. The summed E-state index contributed by atoms with van der Waals surface area (Å²) in [6.07, 6.45) is -2.29. The van der Waals surface area contributed by atoms with Crippen molar-refractivity contribution in [2.45, 2.75) is 58.0 Å². The van der Waals surface area contributed by atoms with E-state index in [0.29, 0.717) is 12.6 Å². The molecule has 0 aromatic carbocycles. The minimum atomic E-state index is -4.08. The highest BCUT2D eigenvalue weighted by Gasteiger charge is 2.26. The van der Waals surface area contributed by atoms with Crippen LogP contribution >= 0.6 is 11.3 Å². The zero-order valence-electron chi connectivity index (χ0n) is 11.6. The van der Waals surface area contributed by atoms with E-state index in [1.165, 1.54) is 22.6 Å². The molecule has 0 amide bonds. The number of rotatable bonds is 8. The van der Waals surface area contributed by atoms with Crippen LogP contribution in [0.15, 0.2) is 6.07 Å². The number of halogens is 3. The van der Waals surface area contributed by atoms with E-state index in [1.807, 2.05) is 6.92 Å². The molecule has 0 atom stereocenters. The maximum atomic E-state index is 12.0. The second-order valence-corrected chi connectivity index (χ2v) is 6.56. The van der Waals surface area contributed by atoms with Gasteiger partial charge in [-0.25, -0.2) is 0 Å². The van der Waals surface area contributed by atoms with E-state index < -0.39 is 12.6 Å². The van der Waals surface area contributed by atoms with E-state index in [4.69, 9.17) is 4.74 Å². The molecule has 20 heavy (non-hydrogen) atoms. The molecule has 0 saturated heterocycles.